The molecule has 20 heavy (non-hydrogen) atoms. The van der Waals surface area contributed by atoms with Crippen LogP contribution in [0.1, 0.15) is 46.0 Å². The van der Waals surface area contributed by atoms with E-state index in [1.807, 2.05) is 13.8 Å². The molecule has 0 bridgehead atoms. The van der Waals surface area contributed by atoms with E-state index in [0.717, 1.165) is 19.3 Å². The number of carbonyl (C=O) groups is 2. The number of hydrogen-bond acceptors (Lipinski definition) is 3. The van der Waals surface area contributed by atoms with Gasteiger partial charge in [0.05, 0.1) is 16.9 Å². The Morgan fingerprint density at radius 3 is 2.30 bits per heavy atom. The topological polar surface area (TPSA) is 75.4 Å². The van der Waals surface area contributed by atoms with Gasteiger partial charge in [-0.05, 0) is 26.7 Å². The highest BCUT2D eigenvalue weighted by atomic mass is 32.1. The van der Waals surface area contributed by atoms with Crippen LogP contribution in [0.25, 0.3) is 0 Å². The third-order valence-electron chi connectivity index (χ3n) is 3.77. The second kappa shape index (κ2) is 7.02. The van der Waals surface area contributed by atoms with Gasteiger partial charge in [-0.1, -0.05) is 31.5 Å². The average Bonchev–Trinajstić information content (AvgIpc) is 2.37. The van der Waals surface area contributed by atoms with Gasteiger partial charge < -0.3 is 16.0 Å². The van der Waals surface area contributed by atoms with Gasteiger partial charge in [-0.3, -0.25) is 9.59 Å². The van der Waals surface area contributed by atoms with Crippen LogP contribution in [-0.2, 0) is 9.59 Å². The first-order valence-electron chi connectivity index (χ1n) is 7.14. The summed E-state index contributed by atoms with van der Waals surface area (Å²) in [5.74, 6) is -0.284. The van der Waals surface area contributed by atoms with Gasteiger partial charge in [0.15, 0.2) is 0 Å². The molecule has 2 amide bonds. The molecular formula is C14H25N3O2S. The standard InChI is InChI=1S/C14H25N3O2S/c1-10(2)16-11(18)9-17(3)13(19)14(12(15)20)7-5-4-6-8-14/h10H,4-9H2,1-3H3,(H2,15,20)(H,16,18). The molecule has 0 aromatic carbocycles. The minimum absolute atomic E-state index is 0.0430. The fraction of sp³-hybridized carbons (Fsp3) is 0.786. The lowest BCUT2D eigenvalue weighted by Crippen LogP contribution is -2.52. The number of nitrogens with one attached hydrogen (secondary N) is 1. The number of hydrogen-bond donors (Lipinski definition) is 2. The fourth-order valence-electron chi connectivity index (χ4n) is 2.74. The molecule has 1 saturated carbocycles. The zero-order chi connectivity index (χ0) is 15.3. The Morgan fingerprint density at radius 1 is 1.30 bits per heavy atom. The monoisotopic (exact) mass is 299 g/mol. The molecule has 6 heteroatoms. The maximum Gasteiger partial charge on any atom is 0.239 e. The van der Waals surface area contributed by atoms with Crippen LogP contribution in [0.5, 0.6) is 0 Å². The molecule has 0 aromatic heterocycles. The van der Waals surface area contributed by atoms with Crippen molar-refractivity contribution in [1.29, 1.82) is 0 Å². The second-order valence-electron chi connectivity index (χ2n) is 5.89. The largest absolute Gasteiger partial charge is 0.392 e. The van der Waals surface area contributed by atoms with Crippen LogP contribution < -0.4 is 11.1 Å². The van der Waals surface area contributed by atoms with E-state index in [0.29, 0.717) is 12.8 Å². The minimum atomic E-state index is -0.750. The van der Waals surface area contributed by atoms with Gasteiger partial charge in [0, 0.05) is 13.1 Å². The Hall–Kier alpha value is -1.17. The quantitative estimate of drug-likeness (QED) is 0.748. The first kappa shape index (κ1) is 16.9. The van der Waals surface area contributed by atoms with E-state index < -0.39 is 5.41 Å². The van der Waals surface area contributed by atoms with Gasteiger partial charge in [-0.2, -0.15) is 0 Å². The Morgan fingerprint density at radius 2 is 1.85 bits per heavy atom. The lowest BCUT2D eigenvalue weighted by molar-refractivity contribution is -0.141. The molecule has 0 aromatic rings. The molecule has 0 radical (unpaired) electrons. The maximum absolute atomic E-state index is 12.7. The molecule has 0 spiro atoms. The molecule has 1 aliphatic rings. The maximum atomic E-state index is 12.7. The predicted octanol–water partition coefficient (Wildman–Crippen LogP) is 1.21. The zero-order valence-electron chi connectivity index (χ0n) is 12.6. The number of amides is 2. The minimum Gasteiger partial charge on any atom is -0.392 e. The van der Waals surface area contributed by atoms with Gasteiger partial charge in [0.25, 0.3) is 0 Å². The van der Waals surface area contributed by atoms with Crippen molar-refractivity contribution in [1.82, 2.24) is 10.2 Å². The van der Waals surface area contributed by atoms with Crippen molar-refractivity contribution in [3.05, 3.63) is 0 Å². The molecule has 1 fully saturated rings. The predicted molar refractivity (Wildman–Crippen MR) is 83.2 cm³/mol. The van der Waals surface area contributed by atoms with Gasteiger partial charge in [-0.15, -0.1) is 0 Å². The van der Waals surface area contributed by atoms with Crippen LogP contribution in [-0.4, -0.2) is 41.3 Å². The molecule has 1 aliphatic carbocycles. The third-order valence-corrected chi connectivity index (χ3v) is 4.16. The Bertz CT molecular complexity index is 390. The van der Waals surface area contributed by atoms with E-state index >= 15 is 0 Å². The molecular weight excluding hydrogens is 274 g/mol. The van der Waals surface area contributed by atoms with Crippen molar-refractivity contribution >= 4 is 29.0 Å². The molecule has 3 N–H and O–H groups in total. The fourth-order valence-corrected chi connectivity index (χ4v) is 3.03. The summed E-state index contributed by atoms with van der Waals surface area (Å²) in [5, 5.41) is 2.78. The van der Waals surface area contributed by atoms with Crippen LogP contribution >= 0.6 is 12.2 Å². The van der Waals surface area contributed by atoms with Crippen LogP contribution in [0.4, 0.5) is 0 Å². The van der Waals surface area contributed by atoms with Crippen molar-refractivity contribution in [3.63, 3.8) is 0 Å². The molecule has 1 rings (SSSR count). The van der Waals surface area contributed by atoms with Crippen LogP contribution in [0.2, 0.25) is 0 Å². The SMILES string of the molecule is CC(C)NC(=O)CN(C)C(=O)C1(C(N)=S)CCCCC1. The van der Waals surface area contributed by atoms with E-state index in [4.69, 9.17) is 18.0 Å². The van der Waals surface area contributed by atoms with E-state index in [-0.39, 0.29) is 29.4 Å². The van der Waals surface area contributed by atoms with Gasteiger partial charge in [0.2, 0.25) is 11.8 Å². The van der Waals surface area contributed by atoms with E-state index in [1.165, 1.54) is 4.90 Å². The summed E-state index contributed by atoms with van der Waals surface area (Å²) in [5.41, 5.74) is 5.09. The Balaban J connectivity index is 2.74. The van der Waals surface area contributed by atoms with Gasteiger partial charge >= 0.3 is 0 Å². The number of nitrogens with zero attached hydrogens (tertiary/aromatic N) is 1. The summed E-state index contributed by atoms with van der Waals surface area (Å²) < 4.78 is 0. The second-order valence-corrected chi connectivity index (χ2v) is 6.33. The highest BCUT2D eigenvalue weighted by molar-refractivity contribution is 7.80. The summed E-state index contributed by atoms with van der Waals surface area (Å²) >= 11 is 5.14. The van der Waals surface area contributed by atoms with Gasteiger partial charge in [-0.25, -0.2) is 0 Å². The summed E-state index contributed by atoms with van der Waals surface area (Å²) in [7, 11) is 1.64. The van der Waals surface area contributed by atoms with Crippen molar-refractivity contribution in [2.24, 2.45) is 11.1 Å². The number of likely N-dealkylation sites (N-methyl/N-ethyl adjacent to an activating group) is 1. The first-order chi connectivity index (χ1) is 9.29. The number of carbonyl (C=O) groups excluding carboxylic acids is 2. The average molecular weight is 299 g/mol. The number of thiocarbonyl (C=S) groups is 1. The van der Waals surface area contributed by atoms with Crippen molar-refractivity contribution in [2.45, 2.75) is 52.0 Å². The first-order valence-corrected chi connectivity index (χ1v) is 7.55. The van der Waals surface area contributed by atoms with Gasteiger partial charge in [0.1, 0.15) is 0 Å². The summed E-state index contributed by atoms with van der Waals surface area (Å²) in [4.78, 5) is 26.1. The lowest BCUT2D eigenvalue weighted by atomic mass is 9.73. The molecule has 0 heterocycles. The molecule has 0 unspecified atom stereocenters. The normalized spacial score (nSPS) is 17.6. The summed E-state index contributed by atoms with van der Waals surface area (Å²) in [6.07, 6.45) is 4.40. The summed E-state index contributed by atoms with van der Waals surface area (Å²) in [6.45, 7) is 3.82. The van der Waals surface area contributed by atoms with Crippen LogP contribution in [0.3, 0.4) is 0 Å². The Kier molecular flexibility index (Phi) is 5.92. The number of rotatable bonds is 5. The highest BCUT2D eigenvalue weighted by Gasteiger charge is 2.44. The van der Waals surface area contributed by atoms with Crippen molar-refractivity contribution < 1.29 is 9.59 Å². The summed E-state index contributed by atoms with van der Waals surface area (Å²) in [6, 6.07) is 0.0604. The van der Waals surface area contributed by atoms with E-state index in [1.54, 1.807) is 7.05 Å². The molecule has 114 valence electrons. The molecule has 0 saturated heterocycles. The smallest absolute Gasteiger partial charge is 0.239 e. The molecule has 5 nitrogen and oxygen atoms in total. The Labute approximate surface area is 126 Å². The molecule has 0 aliphatic heterocycles. The van der Waals surface area contributed by atoms with Crippen molar-refractivity contribution in [3.8, 4) is 0 Å². The molecule has 0 atom stereocenters. The van der Waals surface area contributed by atoms with Crippen LogP contribution in [0.15, 0.2) is 0 Å². The van der Waals surface area contributed by atoms with Crippen LogP contribution in [0, 0.1) is 5.41 Å². The van der Waals surface area contributed by atoms with E-state index in [9.17, 15) is 9.59 Å². The number of nitrogens with two attached hydrogens (primary N) is 1. The van der Waals surface area contributed by atoms with Crippen molar-refractivity contribution in [2.75, 3.05) is 13.6 Å². The highest BCUT2D eigenvalue weighted by Crippen LogP contribution is 2.38. The third kappa shape index (κ3) is 3.91. The lowest BCUT2D eigenvalue weighted by Gasteiger charge is -2.37. The van der Waals surface area contributed by atoms with E-state index in [2.05, 4.69) is 5.32 Å². The zero-order valence-corrected chi connectivity index (χ0v) is 13.4.